The van der Waals surface area contributed by atoms with E-state index in [0.29, 0.717) is 12.1 Å². The zero-order chi connectivity index (χ0) is 12.7. The topological polar surface area (TPSA) is 37.3 Å². The number of likely N-dealkylation sites (N-methyl/N-ethyl adjacent to an activating group) is 1. The van der Waals surface area contributed by atoms with Gasteiger partial charge in [0.05, 0.1) is 0 Å². The summed E-state index contributed by atoms with van der Waals surface area (Å²) < 4.78 is 1.88. The summed E-state index contributed by atoms with van der Waals surface area (Å²) >= 11 is 0. The number of hydrogen-bond donors (Lipinski definition) is 1. The first-order valence-corrected chi connectivity index (χ1v) is 6.77. The lowest BCUT2D eigenvalue weighted by Gasteiger charge is -2.48. The van der Waals surface area contributed by atoms with Gasteiger partial charge in [-0.2, -0.15) is 0 Å². The van der Waals surface area contributed by atoms with Gasteiger partial charge >= 0.3 is 0 Å². The Morgan fingerprint density at radius 1 is 1.39 bits per heavy atom. The number of fused-ring (bicyclic) bond motifs is 3. The number of rotatable bonds is 2. The van der Waals surface area contributed by atoms with E-state index in [9.17, 15) is 4.79 Å². The monoisotopic (exact) mass is 247 g/mol. The Labute approximate surface area is 108 Å². The van der Waals surface area contributed by atoms with Gasteiger partial charge in [0.15, 0.2) is 0 Å². The highest BCUT2D eigenvalue weighted by atomic mass is 16.2. The fraction of sp³-hybridized carbons (Fsp3) is 0.643. The van der Waals surface area contributed by atoms with Crippen molar-refractivity contribution in [1.29, 1.82) is 0 Å². The molecule has 1 aromatic rings. The molecular formula is C14H21N3O. The third kappa shape index (κ3) is 1.94. The lowest BCUT2D eigenvalue weighted by molar-refractivity contribution is 0.0375. The molecule has 3 heterocycles. The molecule has 2 saturated heterocycles. The number of aromatic nitrogens is 1. The first-order valence-electron chi connectivity index (χ1n) is 6.77. The summed E-state index contributed by atoms with van der Waals surface area (Å²) in [6.07, 6.45) is 5.60. The summed E-state index contributed by atoms with van der Waals surface area (Å²) in [5.41, 5.74) is 0.749. The molecule has 2 aliphatic heterocycles. The molecule has 0 spiro atoms. The number of hydrogen-bond acceptors (Lipinski definition) is 2. The fourth-order valence-electron chi connectivity index (χ4n) is 3.57. The van der Waals surface area contributed by atoms with Crippen LogP contribution in [0.2, 0.25) is 0 Å². The Balaban J connectivity index is 1.70. The van der Waals surface area contributed by atoms with Crippen LogP contribution in [-0.4, -0.2) is 41.1 Å². The van der Waals surface area contributed by atoms with Crippen LogP contribution in [0, 0.1) is 5.92 Å². The molecule has 3 atom stereocenters. The second-order valence-corrected chi connectivity index (χ2v) is 5.77. The highest BCUT2D eigenvalue weighted by Crippen LogP contribution is 2.34. The summed E-state index contributed by atoms with van der Waals surface area (Å²) in [7, 11) is 4.09. The van der Waals surface area contributed by atoms with Crippen molar-refractivity contribution in [2.45, 2.75) is 31.3 Å². The second kappa shape index (κ2) is 4.43. The van der Waals surface area contributed by atoms with Gasteiger partial charge in [-0.05, 0) is 44.4 Å². The van der Waals surface area contributed by atoms with Gasteiger partial charge in [0.25, 0.3) is 5.91 Å². The van der Waals surface area contributed by atoms with E-state index in [2.05, 4.69) is 17.3 Å². The molecule has 1 aromatic heterocycles. The lowest BCUT2D eigenvalue weighted by Crippen LogP contribution is -2.59. The zero-order valence-corrected chi connectivity index (χ0v) is 11.1. The van der Waals surface area contributed by atoms with Crippen LogP contribution in [0.25, 0.3) is 0 Å². The highest BCUT2D eigenvalue weighted by molar-refractivity contribution is 5.92. The van der Waals surface area contributed by atoms with Crippen LogP contribution >= 0.6 is 0 Å². The first kappa shape index (κ1) is 11.8. The Bertz CT molecular complexity index is 454. The van der Waals surface area contributed by atoms with Gasteiger partial charge in [-0.1, -0.05) is 0 Å². The van der Waals surface area contributed by atoms with Gasteiger partial charge in [-0.3, -0.25) is 4.79 Å². The maximum absolute atomic E-state index is 12.2. The van der Waals surface area contributed by atoms with Crippen LogP contribution in [-0.2, 0) is 7.05 Å². The van der Waals surface area contributed by atoms with E-state index in [0.717, 1.165) is 18.0 Å². The Morgan fingerprint density at radius 2 is 2.22 bits per heavy atom. The summed E-state index contributed by atoms with van der Waals surface area (Å²) in [4.78, 5) is 14.6. The predicted octanol–water partition coefficient (Wildman–Crippen LogP) is 1.24. The van der Waals surface area contributed by atoms with Crippen molar-refractivity contribution in [2.75, 3.05) is 13.6 Å². The van der Waals surface area contributed by atoms with Crippen molar-refractivity contribution < 1.29 is 4.79 Å². The number of carbonyl (C=O) groups is 1. The molecule has 3 unspecified atom stereocenters. The molecule has 4 nitrogen and oxygen atoms in total. The van der Waals surface area contributed by atoms with E-state index in [1.54, 1.807) is 0 Å². The van der Waals surface area contributed by atoms with Crippen LogP contribution in [0.4, 0.5) is 0 Å². The van der Waals surface area contributed by atoms with E-state index in [1.807, 2.05) is 29.9 Å². The van der Waals surface area contributed by atoms with Gasteiger partial charge in [0.2, 0.25) is 0 Å². The van der Waals surface area contributed by atoms with Crippen LogP contribution < -0.4 is 5.32 Å². The molecule has 3 fully saturated rings. The summed E-state index contributed by atoms with van der Waals surface area (Å²) in [6.45, 7) is 1.20. The summed E-state index contributed by atoms with van der Waals surface area (Å²) in [5.74, 6) is 0.826. The first-order chi connectivity index (χ1) is 8.65. The highest BCUT2D eigenvalue weighted by Gasteiger charge is 2.39. The van der Waals surface area contributed by atoms with Gasteiger partial charge in [-0.15, -0.1) is 0 Å². The normalized spacial score (nSPS) is 31.6. The number of nitrogens with one attached hydrogen (secondary N) is 1. The Hall–Kier alpha value is -1.29. The Morgan fingerprint density at radius 3 is 2.83 bits per heavy atom. The number of nitrogens with zero attached hydrogens (tertiary/aromatic N) is 2. The smallest absolute Gasteiger partial charge is 0.268 e. The molecule has 0 radical (unpaired) electrons. The molecule has 18 heavy (non-hydrogen) atoms. The van der Waals surface area contributed by atoms with Gasteiger partial charge in [0, 0.05) is 31.9 Å². The fourth-order valence-corrected chi connectivity index (χ4v) is 3.57. The Kier molecular flexibility index (Phi) is 2.90. The van der Waals surface area contributed by atoms with E-state index >= 15 is 0 Å². The molecular weight excluding hydrogens is 226 g/mol. The molecule has 1 amide bonds. The molecule has 1 N–H and O–H groups in total. The number of amides is 1. The molecule has 0 aromatic carbocycles. The third-order valence-electron chi connectivity index (χ3n) is 4.53. The molecule has 2 bridgehead atoms. The van der Waals surface area contributed by atoms with Crippen molar-refractivity contribution in [3.8, 4) is 0 Å². The van der Waals surface area contributed by atoms with Crippen LogP contribution in [0.1, 0.15) is 29.8 Å². The van der Waals surface area contributed by atoms with E-state index in [4.69, 9.17) is 0 Å². The van der Waals surface area contributed by atoms with E-state index in [-0.39, 0.29) is 5.91 Å². The quantitative estimate of drug-likeness (QED) is 0.853. The molecule has 98 valence electrons. The lowest BCUT2D eigenvalue weighted by atomic mass is 9.77. The largest absolute Gasteiger partial charge is 0.347 e. The number of piperidine rings is 2. The van der Waals surface area contributed by atoms with Crippen molar-refractivity contribution in [1.82, 2.24) is 14.8 Å². The molecule has 1 aliphatic carbocycles. The van der Waals surface area contributed by atoms with E-state index < -0.39 is 0 Å². The van der Waals surface area contributed by atoms with Gasteiger partial charge in [0.1, 0.15) is 5.69 Å². The molecule has 3 aliphatic rings. The minimum Gasteiger partial charge on any atom is -0.347 e. The van der Waals surface area contributed by atoms with Crippen LogP contribution in [0.5, 0.6) is 0 Å². The average Bonchev–Trinajstić information content (AvgIpc) is 2.75. The van der Waals surface area contributed by atoms with Gasteiger partial charge in [-0.25, -0.2) is 0 Å². The number of carbonyl (C=O) groups excluding carboxylic acids is 1. The number of aryl methyl sites for hydroxylation is 1. The molecule has 4 rings (SSSR count). The van der Waals surface area contributed by atoms with Crippen molar-refractivity contribution in [2.24, 2.45) is 13.0 Å². The molecule has 1 saturated carbocycles. The van der Waals surface area contributed by atoms with Crippen molar-refractivity contribution >= 4 is 5.91 Å². The third-order valence-corrected chi connectivity index (χ3v) is 4.53. The zero-order valence-electron chi connectivity index (χ0n) is 11.1. The minimum atomic E-state index is 0.0634. The second-order valence-electron chi connectivity index (χ2n) is 5.77. The van der Waals surface area contributed by atoms with Crippen molar-refractivity contribution in [3.05, 3.63) is 24.0 Å². The maximum atomic E-state index is 12.2. The standard InChI is InChI=1S/C14H21N3O/c1-16-7-3-4-13(16)14(18)15-11-8-10-5-6-12(11)17(2)9-10/h3-4,7,10-12H,5-6,8-9H2,1-2H3,(H,15,18). The van der Waals surface area contributed by atoms with Gasteiger partial charge < -0.3 is 14.8 Å². The van der Waals surface area contributed by atoms with E-state index in [1.165, 1.54) is 19.4 Å². The van der Waals surface area contributed by atoms with Crippen LogP contribution in [0.15, 0.2) is 18.3 Å². The van der Waals surface area contributed by atoms with Crippen LogP contribution in [0.3, 0.4) is 0 Å². The summed E-state index contributed by atoms with van der Waals surface area (Å²) in [6, 6.07) is 4.64. The molecule has 4 heteroatoms. The minimum absolute atomic E-state index is 0.0634. The van der Waals surface area contributed by atoms with Crippen molar-refractivity contribution in [3.63, 3.8) is 0 Å². The average molecular weight is 247 g/mol. The predicted molar refractivity (Wildman–Crippen MR) is 70.4 cm³/mol. The summed E-state index contributed by atoms with van der Waals surface area (Å²) in [5, 5.41) is 3.22. The maximum Gasteiger partial charge on any atom is 0.268 e. The SMILES string of the molecule is CN1CC2CCC1C(NC(=O)c1cccn1C)C2.